The fourth-order valence-corrected chi connectivity index (χ4v) is 3.74. The number of amides is 1. The number of carbonyl (C=O) groups excluding carboxylic acids is 1. The Morgan fingerprint density at radius 3 is 2.76 bits per heavy atom. The lowest BCUT2D eigenvalue weighted by atomic mass is 9.83. The van der Waals surface area contributed by atoms with Gasteiger partial charge in [-0.05, 0) is 42.4 Å². The molecule has 2 aliphatic rings. The molecule has 114 valence electrons. The molecule has 0 spiro atoms. The van der Waals surface area contributed by atoms with Gasteiger partial charge in [-0.2, -0.15) is 0 Å². The van der Waals surface area contributed by atoms with E-state index >= 15 is 0 Å². The van der Waals surface area contributed by atoms with Crippen molar-refractivity contribution in [2.24, 2.45) is 11.7 Å². The first-order valence-electron chi connectivity index (χ1n) is 8.40. The Kier molecular flexibility index (Phi) is 4.59. The third kappa shape index (κ3) is 3.65. The zero-order chi connectivity index (χ0) is 14.7. The largest absolute Gasteiger partial charge is 0.326 e. The summed E-state index contributed by atoms with van der Waals surface area (Å²) in [5.41, 5.74) is 9.90. The lowest BCUT2D eigenvalue weighted by Crippen LogP contribution is -2.18. The first-order valence-corrected chi connectivity index (χ1v) is 8.40. The van der Waals surface area contributed by atoms with Gasteiger partial charge >= 0.3 is 0 Å². The highest BCUT2D eigenvalue weighted by Gasteiger charge is 2.19. The Morgan fingerprint density at radius 2 is 1.95 bits per heavy atom. The van der Waals surface area contributed by atoms with Crippen LogP contribution in [0.2, 0.25) is 0 Å². The van der Waals surface area contributed by atoms with Gasteiger partial charge in [0.25, 0.3) is 0 Å². The van der Waals surface area contributed by atoms with Crippen LogP contribution >= 0.6 is 0 Å². The van der Waals surface area contributed by atoms with Gasteiger partial charge in [0.15, 0.2) is 0 Å². The lowest BCUT2D eigenvalue weighted by Gasteiger charge is -2.25. The average molecular weight is 286 g/mol. The van der Waals surface area contributed by atoms with Crippen molar-refractivity contribution in [1.29, 1.82) is 0 Å². The van der Waals surface area contributed by atoms with Crippen molar-refractivity contribution in [3.05, 3.63) is 29.3 Å². The summed E-state index contributed by atoms with van der Waals surface area (Å²) in [6.45, 7) is 0. The molecule has 1 heterocycles. The zero-order valence-electron chi connectivity index (χ0n) is 12.7. The van der Waals surface area contributed by atoms with Crippen molar-refractivity contribution in [3.8, 4) is 0 Å². The van der Waals surface area contributed by atoms with E-state index in [2.05, 4.69) is 17.4 Å². The molecule has 1 unspecified atom stereocenters. The summed E-state index contributed by atoms with van der Waals surface area (Å²) in [5.74, 6) is 0.931. The van der Waals surface area contributed by atoms with Crippen LogP contribution in [0.1, 0.15) is 68.5 Å². The minimum atomic E-state index is 0.132. The third-order valence-electron chi connectivity index (χ3n) is 4.99. The van der Waals surface area contributed by atoms with Crippen molar-refractivity contribution in [3.63, 3.8) is 0 Å². The molecule has 3 rings (SSSR count). The maximum atomic E-state index is 11.6. The second kappa shape index (κ2) is 6.61. The van der Waals surface area contributed by atoms with Gasteiger partial charge in [-0.25, -0.2) is 0 Å². The summed E-state index contributed by atoms with van der Waals surface area (Å²) in [6, 6.07) is 6.48. The number of rotatable bonds is 3. The van der Waals surface area contributed by atoms with Gasteiger partial charge in [-0.15, -0.1) is 0 Å². The highest BCUT2D eigenvalue weighted by Crippen LogP contribution is 2.32. The molecule has 0 aromatic heterocycles. The second-order valence-electron chi connectivity index (χ2n) is 6.66. The maximum absolute atomic E-state index is 11.6. The number of aryl methyl sites for hydroxylation is 1. The summed E-state index contributed by atoms with van der Waals surface area (Å²) in [7, 11) is 0. The molecule has 1 aromatic rings. The van der Waals surface area contributed by atoms with Gasteiger partial charge in [0.1, 0.15) is 0 Å². The van der Waals surface area contributed by atoms with Gasteiger partial charge < -0.3 is 11.1 Å². The van der Waals surface area contributed by atoms with Crippen LogP contribution in [0.15, 0.2) is 18.2 Å². The third-order valence-corrected chi connectivity index (χ3v) is 4.99. The lowest BCUT2D eigenvalue weighted by molar-refractivity contribution is -0.116. The van der Waals surface area contributed by atoms with Crippen molar-refractivity contribution < 1.29 is 4.79 Å². The van der Waals surface area contributed by atoms with Crippen molar-refractivity contribution in [1.82, 2.24) is 0 Å². The quantitative estimate of drug-likeness (QED) is 0.884. The van der Waals surface area contributed by atoms with Crippen LogP contribution in [0, 0.1) is 5.92 Å². The Bertz CT molecular complexity index is 506. The molecule has 1 aromatic carbocycles. The predicted octanol–water partition coefficient (Wildman–Crippen LogP) is 3.93. The normalized spacial score (nSPS) is 21.3. The van der Waals surface area contributed by atoms with E-state index in [4.69, 9.17) is 5.73 Å². The SMILES string of the molecule is NC(CC1CCCCC1)c1ccc2c(c1)CCCC(=O)N2. The number of anilines is 1. The summed E-state index contributed by atoms with van der Waals surface area (Å²) < 4.78 is 0. The number of benzene rings is 1. The van der Waals surface area contributed by atoms with E-state index in [1.807, 2.05) is 6.07 Å². The van der Waals surface area contributed by atoms with Crippen LogP contribution in [-0.2, 0) is 11.2 Å². The monoisotopic (exact) mass is 286 g/mol. The highest BCUT2D eigenvalue weighted by atomic mass is 16.1. The number of fused-ring (bicyclic) bond motifs is 1. The molecule has 1 atom stereocenters. The first-order chi connectivity index (χ1) is 10.2. The average Bonchev–Trinajstić information content (AvgIpc) is 2.68. The molecular weight excluding hydrogens is 260 g/mol. The molecular formula is C18H26N2O. The molecule has 1 aliphatic carbocycles. The zero-order valence-corrected chi connectivity index (χ0v) is 12.7. The van der Waals surface area contributed by atoms with Gasteiger partial charge in [-0.1, -0.05) is 44.2 Å². The molecule has 0 saturated heterocycles. The van der Waals surface area contributed by atoms with E-state index in [0.29, 0.717) is 6.42 Å². The van der Waals surface area contributed by atoms with E-state index < -0.39 is 0 Å². The van der Waals surface area contributed by atoms with E-state index in [1.54, 1.807) is 0 Å². The number of hydrogen-bond donors (Lipinski definition) is 2. The minimum absolute atomic E-state index is 0.132. The molecule has 3 N–H and O–H groups in total. The van der Waals surface area contributed by atoms with Crippen molar-refractivity contribution in [2.75, 3.05) is 5.32 Å². The standard InChI is InChI=1S/C18H26N2O/c19-16(11-13-5-2-1-3-6-13)14-9-10-17-15(12-14)7-4-8-18(21)20-17/h9-10,12-13,16H,1-8,11,19H2,(H,20,21). The second-order valence-corrected chi connectivity index (χ2v) is 6.66. The molecule has 21 heavy (non-hydrogen) atoms. The van der Waals surface area contributed by atoms with E-state index in [0.717, 1.165) is 30.9 Å². The number of hydrogen-bond acceptors (Lipinski definition) is 2. The van der Waals surface area contributed by atoms with Gasteiger partial charge in [-0.3, -0.25) is 4.79 Å². The summed E-state index contributed by atoms with van der Waals surface area (Å²) in [4.78, 5) is 11.6. The van der Waals surface area contributed by atoms with Crippen LogP contribution in [-0.4, -0.2) is 5.91 Å². The smallest absolute Gasteiger partial charge is 0.224 e. The Balaban J connectivity index is 1.70. The number of nitrogens with two attached hydrogens (primary N) is 1. The molecule has 3 nitrogen and oxygen atoms in total. The number of nitrogens with one attached hydrogen (secondary N) is 1. The fraction of sp³-hybridized carbons (Fsp3) is 0.611. The number of carbonyl (C=O) groups is 1. The maximum Gasteiger partial charge on any atom is 0.224 e. The Hall–Kier alpha value is -1.35. The minimum Gasteiger partial charge on any atom is -0.326 e. The summed E-state index contributed by atoms with van der Waals surface area (Å²) >= 11 is 0. The van der Waals surface area contributed by atoms with Crippen molar-refractivity contribution in [2.45, 2.75) is 63.8 Å². The molecule has 1 amide bonds. The van der Waals surface area contributed by atoms with E-state index in [9.17, 15) is 4.79 Å². The first kappa shape index (κ1) is 14.6. The van der Waals surface area contributed by atoms with Crippen LogP contribution in [0.25, 0.3) is 0 Å². The Morgan fingerprint density at radius 1 is 1.14 bits per heavy atom. The fourth-order valence-electron chi connectivity index (χ4n) is 3.74. The molecule has 3 heteroatoms. The van der Waals surface area contributed by atoms with Crippen molar-refractivity contribution >= 4 is 11.6 Å². The topological polar surface area (TPSA) is 55.1 Å². The van der Waals surface area contributed by atoms with Crippen LogP contribution in [0.3, 0.4) is 0 Å². The molecule has 0 bridgehead atoms. The molecule has 1 fully saturated rings. The van der Waals surface area contributed by atoms with Gasteiger partial charge in [0, 0.05) is 18.2 Å². The molecule has 0 radical (unpaired) electrons. The highest BCUT2D eigenvalue weighted by molar-refractivity contribution is 5.92. The van der Waals surface area contributed by atoms with E-state index in [1.165, 1.54) is 43.2 Å². The van der Waals surface area contributed by atoms with Gasteiger partial charge in [0.2, 0.25) is 5.91 Å². The predicted molar refractivity (Wildman–Crippen MR) is 86.1 cm³/mol. The molecule has 1 aliphatic heterocycles. The van der Waals surface area contributed by atoms with Gasteiger partial charge in [0.05, 0.1) is 0 Å². The summed E-state index contributed by atoms with van der Waals surface area (Å²) in [5, 5.41) is 2.99. The molecule has 1 saturated carbocycles. The van der Waals surface area contributed by atoms with Crippen LogP contribution in [0.5, 0.6) is 0 Å². The van der Waals surface area contributed by atoms with Crippen LogP contribution < -0.4 is 11.1 Å². The Labute approximate surface area is 127 Å². The van der Waals surface area contributed by atoms with E-state index in [-0.39, 0.29) is 11.9 Å². The summed E-state index contributed by atoms with van der Waals surface area (Å²) in [6.07, 6.45) is 10.4. The van der Waals surface area contributed by atoms with Crippen LogP contribution in [0.4, 0.5) is 5.69 Å².